The van der Waals surface area contributed by atoms with E-state index < -0.39 is 6.10 Å². The van der Waals surface area contributed by atoms with Crippen LogP contribution in [0.5, 0.6) is 0 Å². The normalized spacial score (nSPS) is 12.2. The Morgan fingerprint density at radius 1 is 1.11 bits per heavy atom. The topological polar surface area (TPSA) is 32.3 Å². The maximum atomic E-state index is 10.1. The molecule has 1 atom stereocenters. The van der Waals surface area contributed by atoms with Crippen LogP contribution in [-0.4, -0.2) is 11.7 Å². The summed E-state index contributed by atoms with van der Waals surface area (Å²) < 4.78 is 1.23. The smallest absolute Gasteiger partial charge is 0.0962 e. The van der Waals surface area contributed by atoms with Crippen LogP contribution in [-0.2, 0) is 0 Å². The second-order valence-corrected chi connectivity index (χ2v) is 5.38. The fourth-order valence-electron chi connectivity index (χ4n) is 1.80. The second kappa shape index (κ2) is 6.20. The predicted molar refractivity (Wildman–Crippen MR) is 83.8 cm³/mol. The van der Waals surface area contributed by atoms with Gasteiger partial charge >= 0.3 is 0 Å². The Bertz CT molecular complexity index is 513. The summed E-state index contributed by atoms with van der Waals surface area (Å²) in [6, 6.07) is 15.8. The minimum absolute atomic E-state index is 0.483. The number of halogens is 1. The van der Waals surface area contributed by atoms with Gasteiger partial charge in [-0.2, -0.15) is 0 Å². The van der Waals surface area contributed by atoms with E-state index in [9.17, 15) is 5.11 Å². The lowest BCUT2D eigenvalue weighted by molar-refractivity contribution is 0.191. The fraction of sp³-hybridized carbons (Fsp3) is 0.200. The Balaban J connectivity index is 2.02. The largest absolute Gasteiger partial charge is 0.387 e. The van der Waals surface area contributed by atoms with Crippen LogP contribution in [0.1, 0.15) is 17.2 Å². The molecule has 2 rings (SSSR count). The molecule has 0 bridgehead atoms. The molecule has 0 amide bonds. The van der Waals surface area contributed by atoms with Crippen molar-refractivity contribution in [3.8, 4) is 0 Å². The first-order chi connectivity index (χ1) is 8.68. The van der Waals surface area contributed by atoms with Gasteiger partial charge in [-0.25, -0.2) is 0 Å². The van der Waals surface area contributed by atoms with Crippen molar-refractivity contribution >= 4 is 28.3 Å². The van der Waals surface area contributed by atoms with Gasteiger partial charge in [-0.15, -0.1) is 0 Å². The van der Waals surface area contributed by atoms with Crippen LogP contribution in [0.4, 0.5) is 5.69 Å². The SMILES string of the molecule is Cc1c(I)cccc1NCC(O)c1ccccc1. The van der Waals surface area contributed by atoms with E-state index in [1.165, 1.54) is 9.13 Å². The van der Waals surface area contributed by atoms with Crippen molar-refractivity contribution in [1.82, 2.24) is 0 Å². The Kier molecular flexibility index (Phi) is 4.60. The van der Waals surface area contributed by atoms with Crippen molar-refractivity contribution in [1.29, 1.82) is 0 Å². The Labute approximate surface area is 121 Å². The zero-order chi connectivity index (χ0) is 13.0. The lowest BCUT2D eigenvalue weighted by atomic mass is 10.1. The van der Waals surface area contributed by atoms with Crippen molar-refractivity contribution in [3.63, 3.8) is 0 Å². The summed E-state index contributed by atoms with van der Waals surface area (Å²) in [5.41, 5.74) is 3.24. The van der Waals surface area contributed by atoms with Gasteiger partial charge in [0.25, 0.3) is 0 Å². The molecule has 2 nitrogen and oxygen atoms in total. The van der Waals surface area contributed by atoms with E-state index in [1.54, 1.807) is 0 Å². The third-order valence-corrected chi connectivity index (χ3v) is 4.11. The molecule has 0 aliphatic carbocycles. The maximum Gasteiger partial charge on any atom is 0.0962 e. The number of aliphatic hydroxyl groups is 1. The quantitative estimate of drug-likeness (QED) is 0.821. The van der Waals surface area contributed by atoms with Crippen molar-refractivity contribution in [2.24, 2.45) is 0 Å². The molecule has 0 heterocycles. The van der Waals surface area contributed by atoms with Gasteiger partial charge in [0, 0.05) is 15.8 Å². The molecule has 0 radical (unpaired) electrons. The summed E-state index contributed by atoms with van der Waals surface area (Å²) >= 11 is 2.32. The first-order valence-corrected chi connectivity index (χ1v) is 6.98. The molecular weight excluding hydrogens is 337 g/mol. The Hall–Kier alpha value is -1.07. The van der Waals surface area contributed by atoms with E-state index in [0.717, 1.165) is 11.3 Å². The summed E-state index contributed by atoms with van der Waals surface area (Å²) in [6.07, 6.45) is -0.483. The van der Waals surface area contributed by atoms with Crippen LogP contribution in [0.2, 0.25) is 0 Å². The van der Waals surface area contributed by atoms with Crippen molar-refractivity contribution in [3.05, 3.63) is 63.2 Å². The minimum atomic E-state index is -0.483. The Morgan fingerprint density at radius 2 is 1.83 bits per heavy atom. The molecule has 2 aromatic carbocycles. The number of anilines is 1. The van der Waals surface area contributed by atoms with E-state index in [1.807, 2.05) is 42.5 Å². The molecule has 3 heteroatoms. The summed E-state index contributed by atoms with van der Waals surface area (Å²) in [4.78, 5) is 0. The first-order valence-electron chi connectivity index (χ1n) is 5.90. The van der Waals surface area contributed by atoms with Crippen LogP contribution >= 0.6 is 22.6 Å². The summed E-state index contributed by atoms with van der Waals surface area (Å²) in [7, 11) is 0. The molecule has 0 spiro atoms. The van der Waals surface area contributed by atoms with Crippen LogP contribution in [0.15, 0.2) is 48.5 Å². The Morgan fingerprint density at radius 3 is 2.56 bits per heavy atom. The second-order valence-electron chi connectivity index (χ2n) is 4.22. The summed E-state index contributed by atoms with van der Waals surface area (Å²) in [5.74, 6) is 0. The highest BCUT2D eigenvalue weighted by Gasteiger charge is 2.07. The van der Waals surface area contributed by atoms with Gasteiger partial charge in [-0.1, -0.05) is 36.4 Å². The molecule has 0 aliphatic heterocycles. The molecule has 0 fully saturated rings. The predicted octanol–water partition coefficient (Wildman–Crippen LogP) is 3.75. The van der Waals surface area contributed by atoms with Gasteiger partial charge < -0.3 is 10.4 Å². The summed E-state index contributed by atoms with van der Waals surface area (Å²) in [6.45, 7) is 2.60. The van der Waals surface area contributed by atoms with Gasteiger partial charge in [0.05, 0.1) is 6.10 Å². The van der Waals surface area contributed by atoms with E-state index in [2.05, 4.69) is 40.9 Å². The highest BCUT2D eigenvalue weighted by Crippen LogP contribution is 2.21. The van der Waals surface area contributed by atoms with Crippen molar-refractivity contribution in [2.75, 3.05) is 11.9 Å². The molecule has 94 valence electrons. The number of hydrogen-bond donors (Lipinski definition) is 2. The van der Waals surface area contributed by atoms with Crippen molar-refractivity contribution in [2.45, 2.75) is 13.0 Å². The standard InChI is InChI=1S/C15H16INO/c1-11-13(16)8-5-9-14(11)17-10-15(18)12-6-3-2-4-7-12/h2-9,15,17-18H,10H2,1H3. The van der Waals surface area contributed by atoms with Crippen molar-refractivity contribution < 1.29 is 5.11 Å². The average molecular weight is 353 g/mol. The van der Waals surface area contributed by atoms with Gasteiger partial charge in [-0.05, 0) is 52.8 Å². The molecule has 2 aromatic rings. The van der Waals surface area contributed by atoms with Gasteiger partial charge in [0.1, 0.15) is 0 Å². The third-order valence-electron chi connectivity index (χ3n) is 2.94. The zero-order valence-electron chi connectivity index (χ0n) is 10.2. The molecule has 0 saturated heterocycles. The molecule has 2 N–H and O–H groups in total. The van der Waals surface area contributed by atoms with E-state index >= 15 is 0 Å². The first kappa shape index (κ1) is 13.4. The third kappa shape index (κ3) is 3.23. The molecular formula is C15H16INO. The van der Waals surface area contributed by atoms with E-state index in [-0.39, 0.29) is 0 Å². The van der Waals surface area contributed by atoms with Crippen LogP contribution in [0.3, 0.4) is 0 Å². The highest BCUT2D eigenvalue weighted by atomic mass is 127. The molecule has 1 unspecified atom stereocenters. The number of hydrogen-bond acceptors (Lipinski definition) is 2. The number of nitrogens with one attached hydrogen (secondary N) is 1. The number of aliphatic hydroxyl groups excluding tert-OH is 1. The average Bonchev–Trinajstić information content (AvgIpc) is 2.41. The van der Waals surface area contributed by atoms with E-state index in [4.69, 9.17) is 0 Å². The number of rotatable bonds is 4. The lowest BCUT2D eigenvalue weighted by Gasteiger charge is -2.15. The highest BCUT2D eigenvalue weighted by molar-refractivity contribution is 14.1. The summed E-state index contributed by atoms with van der Waals surface area (Å²) in [5, 5.41) is 13.4. The van der Waals surface area contributed by atoms with Gasteiger partial charge in [-0.3, -0.25) is 0 Å². The van der Waals surface area contributed by atoms with Crippen LogP contribution in [0, 0.1) is 10.5 Å². The molecule has 18 heavy (non-hydrogen) atoms. The zero-order valence-corrected chi connectivity index (χ0v) is 12.4. The van der Waals surface area contributed by atoms with Gasteiger partial charge in [0.15, 0.2) is 0 Å². The van der Waals surface area contributed by atoms with Gasteiger partial charge in [0.2, 0.25) is 0 Å². The maximum absolute atomic E-state index is 10.1. The van der Waals surface area contributed by atoms with Crippen LogP contribution < -0.4 is 5.32 Å². The minimum Gasteiger partial charge on any atom is -0.387 e. The molecule has 0 aliphatic rings. The fourth-order valence-corrected chi connectivity index (χ4v) is 2.30. The lowest BCUT2D eigenvalue weighted by Crippen LogP contribution is -2.12. The van der Waals surface area contributed by atoms with Crippen LogP contribution in [0.25, 0.3) is 0 Å². The number of benzene rings is 2. The molecule has 0 saturated carbocycles. The monoisotopic (exact) mass is 353 g/mol. The molecule has 0 aromatic heterocycles. The van der Waals surface area contributed by atoms with E-state index in [0.29, 0.717) is 6.54 Å².